The van der Waals surface area contributed by atoms with Crippen LogP contribution in [-0.2, 0) is 4.79 Å². The van der Waals surface area contributed by atoms with Crippen LogP contribution in [0.4, 0.5) is 11.5 Å². The molecule has 0 bridgehead atoms. The Morgan fingerprint density at radius 3 is 2.87 bits per heavy atom. The Balaban J connectivity index is 2.04. The number of aromatic nitrogens is 1. The van der Waals surface area contributed by atoms with Crippen LogP contribution in [0.1, 0.15) is 0 Å². The monoisotopic (exact) mass is 337 g/mol. The second-order valence-electron chi connectivity index (χ2n) is 4.26. The number of methoxy groups -OCH3 is 1. The maximum absolute atomic E-state index is 11.9. The average Bonchev–Trinajstić information content (AvgIpc) is 2.53. The molecule has 0 aliphatic carbocycles. The summed E-state index contributed by atoms with van der Waals surface area (Å²) in [6.07, 6.45) is 1.27. The van der Waals surface area contributed by atoms with Crippen LogP contribution in [0.2, 0.25) is 5.02 Å². The van der Waals surface area contributed by atoms with Crippen molar-refractivity contribution in [3.05, 3.63) is 51.7 Å². The molecule has 1 aromatic heterocycles. The zero-order valence-electron chi connectivity index (χ0n) is 12.0. The predicted molar refractivity (Wildman–Crippen MR) is 83.0 cm³/mol. The number of rotatable bonds is 6. The van der Waals surface area contributed by atoms with Gasteiger partial charge in [0.2, 0.25) is 5.75 Å². The molecular weight excluding hydrogens is 326 g/mol. The first kappa shape index (κ1) is 16.5. The lowest BCUT2D eigenvalue weighted by molar-refractivity contribution is -0.390. The van der Waals surface area contributed by atoms with Gasteiger partial charge in [-0.05, 0) is 40.2 Å². The van der Waals surface area contributed by atoms with Crippen molar-refractivity contribution in [2.45, 2.75) is 0 Å². The molecule has 23 heavy (non-hydrogen) atoms. The second-order valence-corrected chi connectivity index (χ2v) is 4.70. The molecule has 1 heterocycles. The smallest absolute Gasteiger partial charge is 0.406 e. The van der Waals surface area contributed by atoms with Gasteiger partial charge in [0.05, 0.1) is 12.8 Å². The normalized spacial score (nSPS) is 10.0. The number of carbonyl (C=O) groups excluding carboxylic acids is 1. The molecule has 9 heteroatoms. The fraction of sp³-hybridized carbons (Fsp3) is 0.143. The maximum atomic E-state index is 11.9. The molecule has 1 aromatic carbocycles. The molecule has 0 unspecified atom stereocenters. The molecule has 1 amide bonds. The van der Waals surface area contributed by atoms with Crippen molar-refractivity contribution in [2.75, 3.05) is 19.0 Å². The van der Waals surface area contributed by atoms with Crippen molar-refractivity contribution in [1.29, 1.82) is 0 Å². The zero-order valence-corrected chi connectivity index (χ0v) is 12.7. The van der Waals surface area contributed by atoms with Gasteiger partial charge in [0, 0.05) is 5.02 Å². The molecule has 8 nitrogen and oxygen atoms in total. The third-order valence-electron chi connectivity index (χ3n) is 2.72. The minimum absolute atomic E-state index is 0.0919. The van der Waals surface area contributed by atoms with E-state index < -0.39 is 23.3 Å². The van der Waals surface area contributed by atoms with Crippen LogP contribution in [0, 0.1) is 10.1 Å². The van der Waals surface area contributed by atoms with E-state index in [2.05, 4.69) is 10.3 Å². The molecule has 2 aromatic rings. The summed E-state index contributed by atoms with van der Waals surface area (Å²) >= 11 is 5.86. The average molecular weight is 338 g/mol. The van der Waals surface area contributed by atoms with Gasteiger partial charge in [-0.15, -0.1) is 0 Å². The molecule has 1 N–H and O–H groups in total. The van der Waals surface area contributed by atoms with Crippen LogP contribution in [0.5, 0.6) is 11.5 Å². The molecule has 0 atom stereocenters. The van der Waals surface area contributed by atoms with Gasteiger partial charge < -0.3 is 24.9 Å². The van der Waals surface area contributed by atoms with E-state index in [1.807, 2.05) is 0 Å². The molecule has 0 aliphatic heterocycles. The van der Waals surface area contributed by atoms with Gasteiger partial charge in [0.15, 0.2) is 6.61 Å². The summed E-state index contributed by atoms with van der Waals surface area (Å²) in [7, 11) is 1.45. The molecule has 0 saturated carbocycles. The molecule has 0 saturated heterocycles. The Morgan fingerprint density at radius 1 is 1.39 bits per heavy atom. The van der Waals surface area contributed by atoms with Crippen molar-refractivity contribution in [1.82, 2.24) is 4.98 Å². The Bertz CT molecular complexity index is 738. The molecule has 120 valence electrons. The summed E-state index contributed by atoms with van der Waals surface area (Å²) in [5.74, 6) is -0.648. The minimum Gasteiger partial charge on any atom is -0.495 e. The highest BCUT2D eigenvalue weighted by molar-refractivity contribution is 6.31. The molecule has 2 rings (SSSR count). The SMILES string of the molecule is COc1ccc(Cl)cc1NC(=O)COc1cccnc1[N+](=O)[O-]. The first-order valence-electron chi connectivity index (χ1n) is 6.37. The van der Waals surface area contributed by atoms with Gasteiger partial charge in [-0.1, -0.05) is 11.6 Å². The number of carbonyl (C=O) groups is 1. The number of amides is 1. The number of benzene rings is 1. The standard InChI is InChI=1S/C14H12ClN3O5/c1-22-11-5-4-9(15)7-10(11)17-13(19)8-23-12-3-2-6-16-14(12)18(20)21/h2-7H,8H2,1H3,(H,17,19). The summed E-state index contributed by atoms with van der Waals surface area (Å²) in [5, 5.41) is 13.8. The number of pyridine rings is 1. The van der Waals surface area contributed by atoms with Crippen molar-refractivity contribution >= 4 is 29.0 Å². The van der Waals surface area contributed by atoms with E-state index in [9.17, 15) is 14.9 Å². The summed E-state index contributed by atoms with van der Waals surface area (Å²) in [5.41, 5.74) is 0.370. The number of anilines is 1. The Morgan fingerprint density at radius 2 is 2.17 bits per heavy atom. The lowest BCUT2D eigenvalue weighted by Crippen LogP contribution is -2.21. The van der Waals surface area contributed by atoms with E-state index in [1.54, 1.807) is 12.1 Å². The van der Waals surface area contributed by atoms with E-state index in [0.717, 1.165) is 0 Å². The van der Waals surface area contributed by atoms with Gasteiger partial charge in [-0.3, -0.25) is 4.79 Å². The van der Waals surface area contributed by atoms with Gasteiger partial charge in [0.25, 0.3) is 5.91 Å². The fourth-order valence-corrected chi connectivity index (χ4v) is 1.91. The molecule has 0 aliphatic rings. The summed E-state index contributed by atoms with van der Waals surface area (Å²) in [6, 6.07) is 7.57. The summed E-state index contributed by atoms with van der Waals surface area (Å²) in [4.78, 5) is 25.6. The van der Waals surface area contributed by atoms with Gasteiger partial charge in [0.1, 0.15) is 11.9 Å². The molecular formula is C14H12ClN3O5. The number of nitro groups is 1. The number of ether oxygens (including phenoxy) is 2. The number of hydrogen-bond acceptors (Lipinski definition) is 6. The minimum atomic E-state index is -0.687. The molecule has 0 spiro atoms. The number of nitrogens with zero attached hydrogens (tertiary/aromatic N) is 2. The van der Waals surface area contributed by atoms with Gasteiger partial charge in [-0.25, -0.2) is 0 Å². The van der Waals surface area contributed by atoms with Crippen LogP contribution in [0.25, 0.3) is 0 Å². The van der Waals surface area contributed by atoms with Gasteiger partial charge >= 0.3 is 5.82 Å². The van der Waals surface area contributed by atoms with Crippen LogP contribution in [0.15, 0.2) is 36.5 Å². The summed E-state index contributed by atoms with van der Waals surface area (Å²) < 4.78 is 10.2. The van der Waals surface area contributed by atoms with E-state index in [4.69, 9.17) is 21.1 Å². The number of nitrogens with one attached hydrogen (secondary N) is 1. The first-order chi connectivity index (χ1) is 11.0. The van der Waals surface area contributed by atoms with E-state index in [1.165, 1.54) is 31.5 Å². The lowest BCUT2D eigenvalue weighted by atomic mass is 10.3. The van der Waals surface area contributed by atoms with Crippen LogP contribution in [0.3, 0.4) is 0 Å². The topological polar surface area (TPSA) is 104 Å². The Kier molecular flexibility index (Phi) is 5.32. The lowest BCUT2D eigenvalue weighted by Gasteiger charge is -2.11. The largest absolute Gasteiger partial charge is 0.495 e. The van der Waals surface area contributed by atoms with Crippen molar-refractivity contribution in [3.63, 3.8) is 0 Å². The van der Waals surface area contributed by atoms with E-state index >= 15 is 0 Å². The van der Waals surface area contributed by atoms with E-state index in [0.29, 0.717) is 16.5 Å². The highest BCUT2D eigenvalue weighted by atomic mass is 35.5. The predicted octanol–water partition coefficient (Wildman–Crippen LogP) is 2.67. The van der Waals surface area contributed by atoms with Crippen molar-refractivity contribution in [3.8, 4) is 11.5 Å². The number of hydrogen-bond donors (Lipinski definition) is 1. The Hall–Kier alpha value is -2.87. The number of halogens is 1. The van der Waals surface area contributed by atoms with Gasteiger partial charge in [-0.2, -0.15) is 0 Å². The summed E-state index contributed by atoms with van der Waals surface area (Å²) in [6.45, 7) is -0.428. The highest BCUT2D eigenvalue weighted by Gasteiger charge is 2.17. The van der Waals surface area contributed by atoms with Crippen molar-refractivity contribution < 1.29 is 19.2 Å². The zero-order chi connectivity index (χ0) is 16.8. The fourth-order valence-electron chi connectivity index (χ4n) is 1.74. The third kappa shape index (κ3) is 4.30. The molecule has 0 radical (unpaired) electrons. The van der Waals surface area contributed by atoms with Crippen LogP contribution in [-0.4, -0.2) is 29.5 Å². The highest BCUT2D eigenvalue weighted by Crippen LogP contribution is 2.28. The maximum Gasteiger partial charge on any atom is 0.406 e. The Labute approximate surface area is 136 Å². The van der Waals surface area contributed by atoms with Crippen LogP contribution >= 0.6 is 11.6 Å². The third-order valence-corrected chi connectivity index (χ3v) is 2.95. The second kappa shape index (κ2) is 7.41. The van der Waals surface area contributed by atoms with E-state index in [-0.39, 0.29) is 5.75 Å². The van der Waals surface area contributed by atoms with Crippen molar-refractivity contribution in [2.24, 2.45) is 0 Å². The first-order valence-corrected chi connectivity index (χ1v) is 6.74. The van der Waals surface area contributed by atoms with Crippen LogP contribution < -0.4 is 14.8 Å². The molecule has 0 fully saturated rings. The quantitative estimate of drug-likeness (QED) is 0.642.